The van der Waals surface area contributed by atoms with Crippen LogP contribution in [0.15, 0.2) is 73.3 Å². The summed E-state index contributed by atoms with van der Waals surface area (Å²) in [5.74, 6) is -0.0649. The maximum absolute atomic E-state index is 12.7. The number of hydrogen-bond acceptors (Lipinski definition) is 10. The van der Waals surface area contributed by atoms with Crippen LogP contribution >= 0.6 is 0 Å². The van der Waals surface area contributed by atoms with Crippen molar-refractivity contribution in [1.29, 1.82) is 0 Å². The Morgan fingerprint density at radius 2 is 1.87 bits per heavy atom. The number of imidazole rings is 1. The minimum Gasteiger partial charge on any atom is -0.369 e. The maximum Gasteiger partial charge on any atom is 0.264 e. The van der Waals surface area contributed by atoms with E-state index in [0.717, 1.165) is 11.8 Å². The van der Waals surface area contributed by atoms with E-state index in [-0.39, 0.29) is 24.4 Å². The summed E-state index contributed by atoms with van der Waals surface area (Å²) in [6.45, 7) is 0.428. The van der Waals surface area contributed by atoms with Crippen LogP contribution in [0.3, 0.4) is 0 Å². The number of morpholine rings is 1. The van der Waals surface area contributed by atoms with Gasteiger partial charge in [-0.25, -0.2) is 15.0 Å². The number of nitrogens with zero attached hydrogens (tertiary/aromatic N) is 4. The number of hydrogen-bond donors (Lipinski definition) is 2. The Balaban J connectivity index is 1.29. The summed E-state index contributed by atoms with van der Waals surface area (Å²) in [6.07, 6.45) is 2.74. The molecule has 4 aromatic rings. The van der Waals surface area contributed by atoms with E-state index in [1.165, 1.54) is 6.33 Å². The molecule has 4 atom stereocenters. The van der Waals surface area contributed by atoms with E-state index in [9.17, 15) is 13.2 Å². The number of fused-ring (bicyclic) bond motifs is 3. The number of aromatic nitrogens is 4. The second-order valence-electron chi connectivity index (χ2n) is 9.53. The summed E-state index contributed by atoms with van der Waals surface area (Å²) in [5, 5.41) is 6.20. The fourth-order valence-corrected chi connectivity index (χ4v) is 5.43. The lowest BCUT2D eigenvalue weighted by molar-refractivity contribution is -0.135. The Morgan fingerprint density at radius 1 is 1.13 bits per heavy atom. The number of anilines is 1. The molecule has 2 fully saturated rings. The molecule has 1 amide bonds. The number of ether oxygens (including phenoxy) is 2. The van der Waals surface area contributed by atoms with Crippen LogP contribution in [-0.4, -0.2) is 71.0 Å². The van der Waals surface area contributed by atoms with E-state index in [1.54, 1.807) is 35.2 Å². The zero-order chi connectivity index (χ0) is 27.0. The molecule has 0 aliphatic carbocycles. The molecule has 0 saturated carbocycles. The van der Waals surface area contributed by atoms with E-state index in [2.05, 4.69) is 25.6 Å². The molecule has 2 N–H and O–H groups in total. The Bertz CT molecular complexity index is 1600. The van der Waals surface area contributed by atoms with Gasteiger partial charge < -0.3 is 20.1 Å². The third-order valence-corrected chi connectivity index (χ3v) is 7.38. The van der Waals surface area contributed by atoms with Crippen LogP contribution in [0.4, 0.5) is 5.82 Å². The summed E-state index contributed by atoms with van der Waals surface area (Å²) < 4.78 is 43.4. The summed E-state index contributed by atoms with van der Waals surface area (Å²) in [4.78, 5) is 25.8. The molecule has 0 unspecified atom stereocenters. The lowest BCUT2D eigenvalue weighted by Crippen LogP contribution is -2.48. The zero-order valence-corrected chi connectivity index (χ0v) is 21.7. The Morgan fingerprint density at radius 3 is 2.62 bits per heavy atom. The first kappa shape index (κ1) is 25.5. The summed E-state index contributed by atoms with van der Waals surface area (Å²) in [5.41, 5.74) is 1.21. The maximum atomic E-state index is 12.7. The largest absolute Gasteiger partial charge is 0.369 e. The average Bonchev–Trinajstić information content (AvgIpc) is 3.62. The quantitative estimate of drug-likeness (QED) is 0.296. The SMILES string of the molecule is CS(=O)(=O)OC[C@@]12CN[C@@H]([C@H](n3cnc4c(NC(=O)c5ccccc5)ncnc43)O1)[C@@H]2OCc1ccccc1. The Kier molecular flexibility index (Phi) is 6.61. The van der Waals surface area contributed by atoms with Crippen LogP contribution in [0.2, 0.25) is 0 Å². The van der Waals surface area contributed by atoms with Gasteiger partial charge in [-0.3, -0.25) is 13.5 Å². The fraction of sp³-hybridized carbons (Fsp3) is 0.308. The van der Waals surface area contributed by atoms with Crippen molar-refractivity contribution >= 4 is 33.0 Å². The summed E-state index contributed by atoms with van der Waals surface area (Å²) in [6, 6.07) is 18.1. The average molecular weight is 551 g/mol. The van der Waals surface area contributed by atoms with E-state index in [0.29, 0.717) is 29.9 Å². The zero-order valence-electron chi connectivity index (χ0n) is 20.9. The first-order chi connectivity index (χ1) is 18.8. The normalized spacial score (nSPS) is 24.3. The van der Waals surface area contributed by atoms with Gasteiger partial charge in [0, 0.05) is 12.1 Å². The van der Waals surface area contributed by atoms with Crippen LogP contribution in [0.1, 0.15) is 22.1 Å². The van der Waals surface area contributed by atoms with E-state index < -0.39 is 28.1 Å². The Hall–Kier alpha value is -3.75. The fourth-order valence-electron chi connectivity index (χ4n) is 5.02. The van der Waals surface area contributed by atoms with Crippen molar-refractivity contribution in [2.45, 2.75) is 30.6 Å². The van der Waals surface area contributed by atoms with Crippen molar-refractivity contribution in [2.75, 3.05) is 24.7 Å². The number of carbonyl (C=O) groups is 1. The van der Waals surface area contributed by atoms with Gasteiger partial charge in [-0.1, -0.05) is 48.5 Å². The molecule has 202 valence electrons. The first-order valence-electron chi connectivity index (χ1n) is 12.3. The lowest BCUT2D eigenvalue weighted by atomic mass is 10.00. The predicted molar refractivity (Wildman–Crippen MR) is 140 cm³/mol. The smallest absolute Gasteiger partial charge is 0.264 e. The monoisotopic (exact) mass is 550 g/mol. The van der Waals surface area contributed by atoms with E-state index in [4.69, 9.17) is 13.7 Å². The van der Waals surface area contributed by atoms with E-state index >= 15 is 0 Å². The predicted octanol–water partition coefficient (Wildman–Crippen LogP) is 1.88. The third kappa shape index (κ3) is 5.02. The highest BCUT2D eigenvalue weighted by molar-refractivity contribution is 7.85. The lowest BCUT2D eigenvalue weighted by Gasteiger charge is -2.31. The van der Waals surface area contributed by atoms with Crippen molar-refractivity contribution in [3.8, 4) is 0 Å². The molecule has 39 heavy (non-hydrogen) atoms. The third-order valence-electron chi connectivity index (χ3n) is 6.83. The topological polar surface area (TPSA) is 147 Å². The van der Waals surface area contributed by atoms with Gasteiger partial charge in [0.2, 0.25) is 0 Å². The first-order valence-corrected chi connectivity index (χ1v) is 14.1. The molecule has 13 heteroatoms. The van der Waals surface area contributed by atoms with E-state index in [1.807, 2.05) is 36.4 Å². The number of carbonyl (C=O) groups excluding carboxylic acids is 1. The van der Waals surface area contributed by atoms with Gasteiger partial charge in [-0.2, -0.15) is 8.42 Å². The number of nitrogens with one attached hydrogen (secondary N) is 2. The highest BCUT2D eigenvalue weighted by Gasteiger charge is 2.62. The standard InChI is InChI=1S/C26H26N6O6S/c1-39(34,35)37-14-26-13-27-19(21(26)36-12-17-8-4-2-5-9-17)25(38-26)32-16-30-20-22(28-15-29-23(20)32)31-24(33)18-10-6-3-7-11-18/h2-11,15-16,19,21,25,27H,12-14H2,1H3,(H,28,29,31,33)/t19-,21+,25-,26-/m1/s1. The highest BCUT2D eigenvalue weighted by Crippen LogP contribution is 2.45. The molecule has 2 aliphatic rings. The van der Waals surface area contributed by atoms with Gasteiger partial charge >= 0.3 is 0 Å². The van der Waals surface area contributed by atoms with Crippen molar-refractivity contribution in [2.24, 2.45) is 0 Å². The number of benzene rings is 2. The van der Waals surface area contributed by atoms with Crippen LogP contribution in [0, 0.1) is 0 Å². The molecule has 6 rings (SSSR count). The minimum atomic E-state index is -3.72. The van der Waals surface area contributed by atoms with Gasteiger partial charge in [0.15, 0.2) is 23.2 Å². The van der Waals surface area contributed by atoms with Crippen molar-refractivity contribution in [3.05, 3.63) is 84.4 Å². The molecule has 12 nitrogen and oxygen atoms in total. The number of rotatable bonds is 9. The minimum absolute atomic E-state index is 0.217. The van der Waals surface area contributed by atoms with Crippen LogP contribution in [-0.2, 0) is 30.4 Å². The van der Waals surface area contributed by atoms with Crippen molar-refractivity contribution < 1.29 is 26.9 Å². The van der Waals surface area contributed by atoms with Crippen LogP contribution in [0.25, 0.3) is 11.2 Å². The molecule has 0 radical (unpaired) electrons. The molecule has 0 spiro atoms. The van der Waals surface area contributed by atoms with Gasteiger partial charge in [0.05, 0.1) is 31.8 Å². The Labute approximate surface area is 224 Å². The van der Waals surface area contributed by atoms with Crippen LogP contribution < -0.4 is 10.6 Å². The molecule has 2 saturated heterocycles. The van der Waals surface area contributed by atoms with Gasteiger partial charge in [-0.15, -0.1) is 0 Å². The highest BCUT2D eigenvalue weighted by atomic mass is 32.2. The number of amides is 1. The molecule has 2 bridgehead atoms. The molecular formula is C26H26N6O6S. The van der Waals surface area contributed by atoms with Gasteiger partial charge in [0.1, 0.15) is 18.0 Å². The molecule has 2 aromatic carbocycles. The molecule has 4 heterocycles. The van der Waals surface area contributed by atoms with Gasteiger partial charge in [0.25, 0.3) is 16.0 Å². The van der Waals surface area contributed by atoms with Gasteiger partial charge in [-0.05, 0) is 17.7 Å². The summed E-state index contributed by atoms with van der Waals surface area (Å²) in [7, 11) is -3.72. The second kappa shape index (κ2) is 10.1. The molecule has 2 aliphatic heterocycles. The molecule has 2 aromatic heterocycles. The second-order valence-corrected chi connectivity index (χ2v) is 11.2. The molecular weight excluding hydrogens is 524 g/mol. The van der Waals surface area contributed by atoms with Crippen LogP contribution in [0.5, 0.6) is 0 Å². The van der Waals surface area contributed by atoms with Crippen molar-refractivity contribution in [1.82, 2.24) is 24.8 Å². The summed E-state index contributed by atoms with van der Waals surface area (Å²) >= 11 is 0. The van der Waals surface area contributed by atoms with Crippen molar-refractivity contribution in [3.63, 3.8) is 0 Å².